The normalized spacial score (nSPS) is 19.9. The maximum Gasteiger partial charge on any atom is 0.0647 e. The highest BCUT2D eigenvalue weighted by atomic mass is 16.5. The number of rotatable bonds is 10. The third-order valence-electron chi connectivity index (χ3n) is 4.67. The highest BCUT2D eigenvalue weighted by molar-refractivity contribution is 5.47. The third-order valence-corrected chi connectivity index (χ3v) is 4.67. The summed E-state index contributed by atoms with van der Waals surface area (Å²) in [7, 11) is 0. The monoisotopic (exact) mass is 322 g/mol. The number of ether oxygens (including phenoxy) is 1. The molecule has 1 nitrogen and oxygen atoms in total. The molecule has 24 heavy (non-hydrogen) atoms. The van der Waals surface area contributed by atoms with Crippen molar-refractivity contribution in [2.24, 2.45) is 5.41 Å². The van der Waals surface area contributed by atoms with Crippen molar-refractivity contribution in [1.29, 1.82) is 0 Å². The van der Waals surface area contributed by atoms with E-state index >= 15 is 0 Å². The predicted molar refractivity (Wildman–Crippen MR) is 105 cm³/mol. The molecule has 0 saturated carbocycles. The van der Waals surface area contributed by atoms with Crippen LogP contribution in [0.1, 0.15) is 43.7 Å². The molecule has 1 aliphatic carbocycles. The molecule has 0 bridgehead atoms. The summed E-state index contributed by atoms with van der Waals surface area (Å²) in [5.74, 6) is 0. The lowest BCUT2D eigenvalue weighted by Gasteiger charge is -2.31. The largest absolute Gasteiger partial charge is 0.376 e. The maximum absolute atomic E-state index is 5.88. The molecule has 0 aliphatic heterocycles. The summed E-state index contributed by atoms with van der Waals surface area (Å²) in [5.41, 5.74) is 2.79. The number of allylic oxidation sites excluding steroid dienone is 4. The zero-order valence-corrected chi connectivity index (χ0v) is 14.9. The van der Waals surface area contributed by atoms with Crippen molar-refractivity contribution in [3.8, 4) is 0 Å². The SMILES string of the molecule is C=Cc1ccc(CCCCC2(COCC=CC)C=CC=CC2)cc1. The number of aryl methyl sites for hydroxylation is 1. The molecule has 0 aromatic heterocycles. The van der Waals surface area contributed by atoms with E-state index in [-0.39, 0.29) is 5.41 Å². The minimum atomic E-state index is 0.184. The van der Waals surface area contributed by atoms with E-state index in [4.69, 9.17) is 4.74 Å². The van der Waals surface area contributed by atoms with Crippen LogP contribution in [-0.4, -0.2) is 13.2 Å². The molecule has 2 rings (SSSR count). The van der Waals surface area contributed by atoms with Gasteiger partial charge in [-0.05, 0) is 43.7 Å². The number of benzene rings is 1. The molecule has 1 aromatic carbocycles. The zero-order valence-electron chi connectivity index (χ0n) is 14.9. The van der Waals surface area contributed by atoms with Crippen molar-refractivity contribution in [3.05, 3.63) is 78.4 Å². The van der Waals surface area contributed by atoms with E-state index in [0.717, 1.165) is 19.4 Å². The summed E-state index contributed by atoms with van der Waals surface area (Å²) >= 11 is 0. The second kappa shape index (κ2) is 10.1. The lowest BCUT2D eigenvalue weighted by atomic mass is 9.78. The highest BCUT2D eigenvalue weighted by Gasteiger charge is 2.26. The summed E-state index contributed by atoms with van der Waals surface area (Å²) in [4.78, 5) is 0. The minimum absolute atomic E-state index is 0.184. The van der Waals surface area contributed by atoms with Gasteiger partial charge in [-0.25, -0.2) is 0 Å². The van der Waals surface area contributed by atoms with Crippen LogP contribution in [0.2, 0.25) is 0 Å². The topological polar surface area (TPSA) is 9.23 Å². The number of hydrogen-bond acceptors (Lipinski definition) is 1. The van der Waals surface area contributed by atoms with E-state index in [0.29, 0.717) is 6.61 Å². The molecule has 1 aromatic rings. The zero-order chi connectivity index (χ0) is 17.1. The minimum Gasteiger partial charge on any atom is -0.376 e. The lowest BCUT2D eigenvalue weighted by Crippen LogP contribution is -2.25. The Balaban J connectivity index is 1.78. The van der Waals surface area contributed by atoms with Crippen molar-refractivity contribution < 1.29 is 4.74 Å². The fraction of sp³-hybridized carbons (Fsp3) is 0.391. The fourth-order valence-electron chi connectivity index (χ4n) is 3.13. The van der Waals surface area contributed by atoms with Crippen molar-refractivity contribution in [2.45, 2.75) is 39.0 Å². The Labute approximate surface area is 147 Å². The molecular weight excluding hydrogens is 292 g/mol. The van der Waals surface area contributed by atoms with E-state index in [9.17, 15) is 0 Å². The van der Waals surface area contributed by atoms with Gasteiger partial charge in [-0.2, -0.15) is 0 Å². The number of hydrogen-bond donors (Lipinski definition) is 0. The van der Waals surface area contributed by atoms with Crippen LogP contribution in [0.4, 0.5) is 0 Å². The predicted octanol–water partition coefficient (Wildman–Crippen LogP) is 6.14. The quantitative estimate of drug-likeness (QED) is 0.371. The third kappa shape index (κ3) is 5.98. The van der Waals surface area contributed by atoms with Gasteiger partial charge in [-0.1, -0.05) is 79.8 Å². The maximum atomic E-state index is 5.88. The van der Waals surface area contributed by atoms with Crippen LogP contribution >= 0.6 is 0 Å². The van der Waals surface area contributed by atoms with Gasteiger partial charge in [-0.3, -0.25) is 0 Å². The van der Waals surface area contributed by atoms with Gasteiger partial charge in [-0.15, -0.1) is 0 Å². The van der Waals surface area contributed by atoms with Crippen molar-refractivity contribution in [2.75, 3.05) is 13.2 Å². The Morgan fingerprint density at radius 1 is 1.17 bits per heavy atom. The molecule has 0 spiro atoms. The van der Waals surface area contributed by atoms with E-state index in [1.165, 1.54) is 30.4 Å². The molecular formula is C23H30O. The first kappa shape index (κ1) is 18.5. The lowest BCUT2D eigenvalue weighted by molar-refractivity contribution is 0.0807. The van der Waals surface area contributed by atoms with Crippen molar-refractivity contribution >= 4 is 6.08 Å². The molecule has 1 atom stereocenters. The van der Waals surface area contributed by atoms with Crippen LogP contribution in [0.25, 0.3) is 6.08 Å². The van der Waals surface area contributed by atoms with Gasteiger partial charge in [0.2, 0.25) is 0 Å². The van der Waals surface area contributed by atoms with Gasteiger partial charge in [0.25, 0.3) is 0 Å². The summed E-state index contributed by atoms with van der Waals surface area (Å²) < 4.78 is 5.88. The molecule has 0 N–H and O–H groups in total. The fourth-order valence-corrected chi connectivity index (χ4v) is 3.13. The summed E-state index contributed by atoms with van der Waals surface area (Å²) in [6.45, 7) is 7.36. The average Bonchev–Trinajstić information content (AvgIpc) is 2.64. The first-order chi connectivity index (χ1) is 11.8. The van der Waals surface area contributed by atoms with Gasteiger partial charge in [0.05, 0.1) is 13.2 Å². The number of unbranched alkanes of at least 4 members (excludes halogenated alkanes) is 1. The molecule has 0 saturated heterocycles. The first-order valence-corrected chi connectivity index (χ1v) is 9.03. The van der Waals surface area contributed by atoms with Crippen molar-refractivity contribution in [3.63, 3.8) is 0 Å². The van der Waals surface area contributed by atoms with E-state index in [1.807, 2.05) is 19.1 Å². The smallest absolute Gasteiger partial charge is 0.0647 e. The molecule has 0 fully saturated rings. The van der Waals surface area contributed by atoms with Crippen LogP contribution in [0.5, 0.6) is 0 Å². The second-order valence-electron chi connectivity index (χ2n) is 6.59. The molecule has 1 unspecified atom stereocenters. The molecule has 128 valence electrons. The Kier molecular flexibility index (Phi) is 7.77. The molecule has 0 amide bonds. The standard InChI is InChI=1S/C23H30O/c1-3-5-19-24-20-23(16-8-6-9-17-23)18-10-7-11-22-14-12-21(4-2)13-15-22/h3-6,8-9,12-16H,2,7,10-11,17-20H2,1H3. The Morgan fingerprint density at radius 2 is 2.00 bits per heavy atom. The van der Waals surface area contributed by atoms with Gasteiger partial charge in [0.1, 0.15) is 0 Å². The van der Waals surface area contributed by atoms with Gasteiger partial charge in [0.15, 0.2) is 0 Å². The molecule has 1 aliphatic rings. The van der Waals surface area contributed by atoms with Gasteiger partial charge < -0.3 is 4.74 Å². The van der Waals surface area contributed by atoms with E-state index < -0.39 is 0 Å². The molecule has 0 heterocycles. The first-order valence-electron chi connectivity index (χ1n) is 9.03. The van der Waals surface area contributed by atoms with Crippen LogP contribution in [0, 0.1) is 5.41 Å². The van der Waals surface area contributed by atoms with E-state index in [2.05, 4.69) is 61.2 Å². The van der Waals surface area contributed by atoms with Gasteiger partial charge >= 0.3 is 0 Å². The Hall–Kier alpha value is -1.86. The van der Waals surface area contributed by atoms with Gasteiger partial charge in [0, 0.05) is 5.41 Å². The van der Waals surface area contributed by atoms with Crippen LogP contribution in [0.15, 0.2) is 67.3 Å². The highest BCUT2D eigenvalue weighted by Crippen LogP contribution is 2.34. The van der Waals surface area contributed by atoms with Crippen LogP contribution in [0.3, 0.4) is 0 Å². The van der Waals surface area contributed by atoms with Crippen molar-refractivity contribution in [1.82, 2.24) is 0 Å². The summed E-state index contributed by atoms with van der Waals surface area (Å²) in [6.07, 6.45) is 20.8. The molecule has 1 heteroatoms. The summed E-state index contributed by atoms with van der Waals surface area (Å²) in [6, 6.07) is 8.73. The summed E-state index contributed by atoms with van der Waals surface area (Å²) in [5, 5.41) is 0. The van der Waals surface area contributed by atoms with Crippen LogP contribution < -0.4 is 0 Å². The Bertz CT molecular complexity index is 577. The van der Waals surface area contributed by atoms with E-state index in [1.54, 1.807) is 0 Å². The Morgan fingerprint density at radius 3 is 2.67 bits per heavy atom. The molecule has 0 radical (unpaired) electrons. The van der Waals surface area contributed by atoms with Crippen LogP contribution in [-0.2, 0) is 11.2 Å². The second-order valence-corrected chi connectivity index (χ2v) is 6.59. The average molecular weight is 322 g/mol.